The molecule has 0 amide bonds. The van der Waals surface area contributed by atoms with Gasteiger partial charge in [-0.05, 0) is 25.7 Å². The number of carbonyl (C=O) groups is 2. The Kier molecular flexibility index (Phi) is 7.19. The van der Waals surface area contributed by atoms with E-state index in [0.29, 0.717) is 6.42 Å². The maximum atomic E-state index is 12.2. The van der Waals surface area contributed by atoms with Crippen LogP contribution in [-0.2, 0) is 14.3 Å². The standard InChI is InChI=1S/C15H28O3/c1-8-12(16)13(9(2)3)14(10(4)5)15(17)18-11(6)7/h9-11,13-14H,8H2,1-7H3. The van der Waals surface area contributed by atoms with Crippen LogP contribution >= 0.6 is 0 Å². The van der Waals surface area contributed by atoms with Crippen LogP contribution in [0.1, 0.15) is 54.9 Å². The second-order valence-corrected chi connectivity index (χ2v) is 5.85. The van der Waals surface area contributed by atoms with E-state index >= 15 is 0 Å². The van der Waals surface area contributed by atoms with Gasteiger partial charge in [0.25, 0.3) is 0 Å². The lowest BCUT2D eigenvalue weighted by Crippen LogP contribution is -2.38. The minimum atomic E-state index is -0.333. The molecule has 3 heteroatoms. The Labute approximate surface area is 111 Å². The van der Waals surface area contributed by atoms with Gasteiger partial charge in [0.1, 0.15) is 5.78 Å². The number of rotatable bonds is 7. The van der Waals surface area contributed by atoms with Crippen LogP contribution in [0.15, 0.2) is 0 Å². The molecule has 0 aromatic heterocycles. The van der Waals surface area contributed by atoms with Gasteiger partial charge in [0.15, 0.2) is 0 Å². The molecule has 0 aromatic carbocycles. The highest BCUT2D eigenvalue weighted by Gasteiger charge is 2.38. The molecule has 0 rings (SSSR count). The Balaban J connectivity index is 5.16. The van der Waals surface area contributed by atoms with Gasteiger partial charge in [-0.25, -0.2) is 0 Å². The van der Waals surface area contributed by atoms with E-state index in [1.54, 1.807) is 0 Å². The highest BCUT2D eigenvalue weighted by atomic mass is 16.5. The fourth-order valence-corrected chi connectivity index (χ4v) is 2.37. The summed E-state index contributed by atoms with van der Waals surface area (Å²) in [5, 5.41) is 0. The van der Waals surface area contributed by atoms with E-state index in [1.165, 1.54) is 0 Å². The summed E-state index contributed by atoms with van der Waals surface area (Å²) in [6.45, 7) is 13.5. The van der Waals surface area contributed by atoms with Crippen LogP contribution in [0.25, 0.3) is 0 Å². The molecule has 0 aliphatic heterocycles. The van der Waals surface area contributed by atoms with Crippen molar-refractivity contribution in [2.45, 2.75) is 61.0 Å². The van der Waals surface area contributed by atoms with E-state index in [4.69, 9.17) is 4.74 Å². The maximum absolute atomic E-state index is 12.2. The Hall–Kier alpha value is -0.860. The van der Waals surface area contributed by atoms with Gasteiger partial charge in [0.05, 0.1) is 12.0 Å². The molecule has 2 atom stereocenters. The summed E-state index contributed by atoms with van der Waals surface area (Å²) < 4.78 is 5.31. The zero-order valence-electron chi connectivity index (χ0n) is 12.8. The van der Waals surface area contributed by atoms with Crippen molar-refractivity contribution in [2.75, 3.05) is 0 Å². The number of esters is 1. The first kappa shape index (κ1) is 17.1. The van der Waals surface area contributed by atoms with E-state index in [1.807, 2.05) is 48.5 Å². The number of ketones is 1. The van der Waals surface area contributed by atoms with Crippen LogP contribution in [0.4, 0.5) is 0 Å². The van der Waals surface area contributed by atoms with Gasteiger partial charge in [0.2, 0.25) is 0 Å². The molecule has 0 aromatic rings. The lowest BCUT2D eigenvalue weighted by molar-refractivity contribution is -0.159. The molecule has 2 unspecified atom stereocenters. The second-order valence-electron chi connectivity index (χ2n) is 5.85. The van der Waals surface area contributed by atoms with Crippen molar-refractivity contribution in [1.82, 2.24) is 0 Å². The zero-order valence-corrected chi connectivity index (χ0v) is 12.8. The van der Waals surface area contributed by atoms with Gasteiger partial charge in [0, 0.05) is 12.3 Å². The van der Waals surface area contributed by atoms with Crippen molar-refractivity contribution in [3.05, 3.63) is 0 Å². The molecule has 0 aliphatic rings. The molecule has 3 nitrogen and oxygen atoms in total. The van der Waals surface area contributed by atoms with E-state index in [-0.39, 0.29) is 41.5 Å². The molecule has 0 N–H and O–H groups in total. The molecule has 0 aliphatic carbocycles. The van der Waals surface area contributed by atoms with Gasteiger partial charge in [-0.15, -0.1) is 0 Å². The van der Waals surface area contributed by atoms with Gasteiger partial charge in [-0.1, -0.05) is 34.6 Å². The largest absolute Gasteiger partial charge is 0.463 e. The Bertz CT molecular complexity index is 279. The lowest BCUT2D eigenvalue weighted by Gasteiger charge is -2.30. The van der Waals surface area contributed by atoms with Crippen LogP contribution in [0.2, 0.25) is 0 Å². The normalized spacial score (nSPS) is 15.0. The van der Waals surface area contributed by atoms with Crippen LogP contribution < -0.4 is 0 Å². The van der Waals surface area contributed by atoms with E-state index < -0.39 is 0 Å². The van der Waals surface area contributed by atoms with E-state index in [0.717, 1.165) is 0 Å². The van der Waals surface area contributed by atoms with Crippen LogP contribution in [-0.4, -0.2) is 17.9 Å². The third-order valence-electron chi connectivity index (χ3n) is 3.17. The number of hydrogen-bond donors (Lipinski definition) is 0. The predicted molar refractivity (Wildman–Crippen MR) is 73.2 cm³/mol. The Morgan fingerprint density at radius 3 is 1.61 bits per heavy atom. The van der Waals surface area contributed by atoms with Crippen molar-refractivity contribution in [3.8, 4) is 0 Å². The quantitative estimate of drug-likeness (QED) is 0.655. The topological polar surface area (TPSA) is 43.4 Å². The third-order valence-corrected chi connectivity index (χ3v) is 3.17. The van der Waals surface area contributed by atoms with Crippen molar-refractivity contribution in [2.24, 2.45) is 23.7 Å². The monoisotopic (exact) mass is 256 g/mol. The molecular formula is C15H28O3. The summed E-state index contributed by atoms with van der Waals surface area (Å²) in [7, 11) is 0. The summed E-state index contributed by atoms with van der Waals surface area (Å²) in [4.78, 5) is 24.3. The summed E-state index contributed by atoms with van der Waals surface area (Å²) in [6, 6.07) is 0. The van der Waals surface area contributed by atoms with Gasteiger partial charge in [-0.2, -0.15) is 0 Å². The fraction of sp³-hybridized carbons (Fsp3) is 0.867. The first-order valence-electron chi connectivity index (χ1n) is 6.95. The third kappa shape index (κ3) is 4.79. The van der Waals surface area contributed by atoms with Crippen molar-refractivity contribution >= 4 is 11.8 Å². The summed E-state index contributed by atoms with van der Waals surface area (Å²) >= 11 is 0. The van der Waals surface area contributed by atoms with Gasteiger partial charge in [-0.3, -0.25) is 9.59 Å². The van der Waals surface area contributed by atoms with Gasteiger partial charge >= 0.3 is 5.97 Å². The van der Waals surface area contributed by atoms with Crippen molar-refractivity contribution < 1.29 is 14.3 Å². The highest BCUT2D eigenvalue weighted by molar-refractivity contribution is 5.87. The molecule has 0 saturated heterocycles. The zero-order chi connectivity index (χ0) is 14.5. The molecule has 0 saturated carbocycles. The molecule has 106 valence electrons. The summed E-state index contributed by atoms with van der Waals surface area (Å²) in [6.07, 6.45) is 0.337. The summed E-state index contributed by atoms with van der Waals surface area (Å²) in [5.74, 6) is -0.380. The highest BCUT2D eigenvalue weighted by Crippen LogP contribution is 2.30. The first-order valence-corrected chi connectivity index (χ1v) is 6.95. The molecule has 0 bridgehead atoms. The van der Waals surface area contributed by atoms with Gasteiger partial charge < -0.3 is 4.74 Å². The van der Waals surface area contributed by atoms with Crippen LogP contribution in [0.3, 0.4) is 0 Å². The van der Waals surface area contributed by atoms with Crippen molar-refractivity contribution in [3.63, 3.8) is 0 Å². The molecule has 0 fully saturated rings. The lowest BCUT2D eigenvalue weighted by atomic mass is 9.74. The molecule has 0 spiro atoms. The number of Topliss-reactive ketones (excluding diaryl/α,β-unsaturated/α-hetero) is 1. The number of carbonyl (C=O) groups excluding carboxylic acids is 2. The smallest absolute Gasteiger partial charge is 0.310 e. The minimum absolute atomic E-state index is 0.110. The molecule has 0 heterocycles. The van der Waals surface area contributed by atoms with Crippen LogP contribution in [0.5, 0.6) is 0 Å². The fourth-order valence-electron chi connectivity index (χ4n) is 2.37. The maximum Gasteiger partial charge on any atom is 0.310 e. The average molecular weight is 256 g/mol. The Morgan fingerprint density at radius 2 is 1.33 bits per heavy atom. The molecule has 0 radical (unpaired) electrons. The van der Waals surface area contributed by atoms with E-state index in [2.05, 4.69) is 0 Å². The second kappa shape index (κ2) is 7.55. The molecule has 18 heavy (non-hydrogen) atoms. The van der Waals surface area contributed by atoms with Crippen LogP contribution in [0, 0.1) is 23.7 Å². The average Bonchev–Trinajstić information content (AvgIpc) is 2.22. The number of hydrogen-bond acceptors (Lipinski definition) is 3. The predicted octanol–water partition coefficient (Wildman–Crippen LogP) is 3.46. The molecular weight excluding hydrogens is 228 g/mol. The SMILES string of the molecule is CCC(=O)C(C(C)C)C(C(=O)OC(C)C)C(C)C. The van der Waals surface area contributed by atoms with E-state index in [9.17, 15) is 9.59 Å². The minimum Gasteiger partial charge on any atom is -0.463 e. The van der Waals surface area contributed by atoms with Crippen molar-refractivity contribution in [1.29, 1.82) is 0 Å². The first-order chi connectivity index (χ1) is 8.22. The Morgan fingerprint density at radius 1 is 0.889 bits per heavy atom. The number of ether oxygens (including phenoxy) is 1. The summed E-state index contributed by atoms with van der Waals surface area (Å²) in [5.41, 5.74) is 0.